The van der Waals surface area contributed by atoms with Crippen molar-refractivity contribution in [3.63, 3.8) is 0 Å². The fourth-order valence-electron chi connectivity index (χ4n) is 3.98. The lowest BCUT2D eigenvalue weighted by molar-refractivity contribution is -0.163. The second-order valence-corrected chi connectivity index (χ2v) is 8.26. The Kier molecular flexibility index (Phi) is 4.34. The molecule has 132 valence electrons. The van der Waals surface area contributed by atoms with Crippen LogP contribution in [0.2, 0.25) is 0 Å². The fourth-order valence-corrected chi connectivity index (χ4v) is 4.64. The number of alkyl halides is 1. The van der Waals surface area contributed by atoms with E-state index >= 15 is 0 Å². The van der Waals surface area contributed by atoms with Gasteiger partial charge in [-0.05, 0) is 32.1 Å². The van der Waals surface area contributed by atoms with Gasteiger partial charge in [0.25, 0.3) is 5.91 Å². The fraction of sp³-hybridized carbons (Fsp3) is 0.765. The van der Waals surface area contributed by atoms with E-state index in [2.05, 4.69) is 9.88 Å². The molecule has 3 aliphatic rings. The molecule has 1 spiro atoms. The largest absolute Gasteiger partial charge is 0.372 e. The minimum absolute atomic E-state index is 0.185. The maximum Gasteiger partial charge on any atom is 0.260 e. The Balaban J connectivity index is 1.34. The first kappa shape index (κ1) is 16.4. The number of rotatable bonds is 3. The van der Waals surface area contributed by atoms with Gasteiger partial charge in [0.15, 0.2) is 5.67 Å². The van der Waals surface area contributed by atoms with Crippen molar-refractivity contribution in [2.24, 2.45) is 0 Å². The Hall–Kier alpha value is -1.05. The number of likely N-dealkylation sites (tertiary alicyclic amines) is 1. The normalized spacial score (nSPS) is 26.3. The molecular formula is C17H24FN3O2S. The number of hydrogen-bond acceptors (Lipinski definition) is 5. The molecule has 1 aliphatic carbocycles. The van der Waals surface area contributed by atoms with E-state index in [1.54, 1.807) is 16.2 Å². The predicted octanol–water partition coefficient (Wildman–Crippen LogP) is 2.23. The molecule has 0 N–H and O–H groups in total. The quantitative estimate of drug-likeness (QED) is 0.836. The average molecular weight is 353 g/mol. The summed E-state index contributed by atoms with van der Waals surface area (Å²) in [6.45, 7) is 4.57. The summed E-state index contributed by atoms with van der Waals surface area (Å²) in [6, 6.07) is 0. The maximum atomic E-state index is 14.4. The van der Waals surface area contributed by atoms with Gasteiger partial charge < -0.3 is 9.64 Å². The highest BCUT2D eigenvalue weighted by atomic mass is 32.1. The number of morpholine rings is 1. The number of halogens is 1. The van der Waals surface area contributed by atoms with E-state index in [0.29, 0.717) is 32.5 Å². The minimum atomic E-state index is -1.57. The third kappa shape index (κ3) is 3.09. The Morgan fingerprint density at radius 2 is 2.08 bits per heavy atom. The standard InChI is InChI=1S/C17H24FN3O2S/c18-17(2-1-3-17)15(22)21-7-4-16(5-8-21)13-20(9-10-23-16)12-14-19-6-11-24-14/h6,11H,1-5,7-10,12-13H2. The third-order valence-electron chi connectivity index (χ3n) is 5.66. The van der Waals surface area contributed by atoms with E-state index in [-0.39, 0.29) is 11.5 Å². The summed E-state index contributed by atoms with van der Waals surface area (Å²) < 4.78 is 20.5. The summed E-state index contributed by atoms with van der Waals surface area (Å²) in [5, 5.41) is 3.13. The van der Waals surface area contributed by atoms with Gasteiger partial charge >= 0.3 is 0 Å². The average Bonchev–Trinajstić information content (AvgIpc) is 3.06. The van der Waals surface area contributed by atoms with Crippen molar-refractivity contribution in [1.29, 1.82) is 0 Å². The number of hydrogen-bond donors (Lipinski definition) is 0. The van der Waals surface area contributed by atoms with Crippen molar-refractivity contribution in [3.05, 3.63) is 16.6 Å². The van der Waals surface area contributed by atoms with Gasteiger partial charge in [0.05, 0.1) is 18.8 Å². The second-order valence-electron chi connectivity index (χ2n) is 7.28. The molecule has 0 atom stereocenters. The van der Waals surface area contributed by atoms with E-state index in [1.165, 1.54) is 0 Å². The molecule has 3 heterocycles. The molecule has 0 unspecified atom stereocenters. The summed E-state index contributed by atoms with van der Waals surface area (Å²) in [5.41, 5.74) is -1.76. The van der Waals surface area contributed by atoms with Crippen LogP contribution in [-0.4, -0.2) is 64.7 Å². The molecule has 7 heteroatoms. The lowest BCUT2D eigenvalue weighted by atomic mass is 9.80. The van der Waals surface area contributed by atoms with Crippen molar-refractivity contribution in [1.82, 2.24) is 14.8 Å². The lowest BCUT2D eigenvalue weighted by Gasteiger charge is -2.48. The highest BCUT2D eigenvalue weighted by molar-refractivity contribution is 7.09. The van der Waals surface area contributed by atoms with Crippen LogP contribution in [0.3, 0.4) is 0 Å². The molecule has 3 fully saturated rings. The van der Waals surface area contributed by atoms with Gasteiger partial charge in [0, 0.05) is 37.8 Å². The monoisotopic (exact) mass is 353 g/mol. The van der Waals surface area contributed by atoms with Crippen LogP contribution in [0.15, 0.2) is 11.6 Å². The van der Waals surface area contributed by atoms with Crippen LogP contribution in [0.5, 0.6) is 0 Å². The highest BCUT2D eigenvalue weighted by Gasteiger charge is 2.49. The zero-order chi connectivity index (χ0) is 16.6. The molecule has 0 radical (unpaired) electrons. The molecule has 24 heavy (non-hydrogen) atoms. The van der Waals surface area contributed by atoms with Crippen LogP contribution in [0.4, 0.5) is 4.39 Å². The Morgan fingerprint density at radius 1 is 1.29 bits per heavy atom. The van der Waals surface area contributed by atoms with Crippen molar-refractivity contribution in [2.45, 2.75) is 49.9 Å². The molecule has 1 aromatic rings. The Labute approximate surface area is 145 Å². The number of ether oxygens (including phenoxy) is 1. The first-order valence-corrected chi connectivity index (χ1v) is 9.70. The van der Waals surface area contributed by atoms with E-state index in [1.807, 2.05) is 11.6 Å². The van der Waals surface area contributed by atoms with Crippen LogP contribution < -0.4 is 0 Å². The summed E-state index contributed by atoms with van der Waals surface area (Å²) >= 11 is 1.68. The summed E-state index contributed by atoms with van der Waals surface area (Å²) in [7, 11) is 0. The molecule has 0 aromatic carbocycles. The van der Waals surface area contributed by atoms with Gasteiger partial charge in [0.1, 0.15) is 5.01 Å². The Morgan fingerprint density at radius 3 is 2.71 bits per heavy atom. The van der Waals surface area contributed by atoms with Crippen LogP contribution in [0.1, 0.15) is 37.1 Å². The van der Waals surface area contributed by atoms with Gasteiger partial charge in [0.2, 0.25) is 0 Å². The van der Waals surface area contributed by atoms with Crippen LogP contribution >= 0.6 is 11.3 Å². The number of nitrogens with zero attached hydrogens (tertiary/aromatic N) is 3. The number of piperidine rings is 1. The molecule has 1 aromatic heterocycles. The zero-order valence-electron chi connectivity index (χ0n) is 13.9. The van der Waals surface area contributed by atoms with Gasteiger partial charge in [-0.3, -0.25) is 9.69 Å². The van der Waals surface area contributed by atoms with Gasteiger partial charge in [-0.2, -0.15) is 0 Å². The second kappa shape index (κ2) is 6.35. The van der Waals surface area contributed by atoms with Crippen molar-refractivity contribution in [2.75, 3.05) is 32.8 Å². The third-order valence-corrected chi connectivity index (χ3v) is 6.43. The molecule has 1 saturated carbocycles. The number of carbonyl (C=O) groups is 1. The zero-order valence-corrected chi connectivity index (χ0v) is 14.7. The number of carbonyl (C=O) groups excluding carboxylic acids is 1. The summed E-state index contributed by atoms with van der Waals surface area (Å²) in [6.07, 6.45) is 5.05. The summed E-state index contributed by atoms with van der Waals surface area (Å²) in [4.78, 5) is 20.8. The van der Waals surface area contributed by atoms with Gasteiger partial charge in [-0.25, -0.2) is 9.37 Å². The number of thiazole rings is 1. The molecular weight excluding hydrogens is 329 g/mol. The van der Waals surface area contributed by atoms with E-state index in [0.717, 1.165) is 43.9 Å². The molecule has 1 amide bonds. The lowest BCUT2D eigenvalue weighted by Crippen LogP contribution is -2.59. The first-order chi connectivity index (χ1) is 11.6. The van der Waals surface area contributed by atoms with Crippen LogP contribution in [-0.2, 0) is 16.1 Å². The SMILES string of the molecule is O=C(N1CCC2(CC1)CN(Cc1nccs1)CCO2)C1(F)CCC1. The molecule has 2 saturated heterocycles. The topological polar surface area (TPSA) is 45.7 Å². The predicted molar refractivity (Wildman–Crippen MR) is 89.6 cm³/mol. The Bertz CT molecular complexity index is 583. The molecule has 4 rings (SSSR count). The van der Waals surface area contributed by atoms with Crippen molar-refractivity contribution < 1.29 is 13.9 Å². The first-order valence-electron chi connectivity index (χ1n) is 8.82. The maximum absolute atomic E-state index is 14.4. The number of aromatic nitrogens is 1. The van der Waals surface area contributed by atoms with E-state index < -0.39 is 5.67 Å². The van der Waals surface area contributed by atoms with Crippen LogP contribution in [0, 0.1) is 0 Å². The van der Waals surface area contributed by atoms with Gasteiger partial charge in [-0.1, -0.05) is 0 Å². The number of amides is 1. The molecule has 2 aliphatic heterocycles. The smallest absolute Gasteiger partial charge is 0.260 e. The van der Waals surface area contributed by atoms with E-state index in [9.17, 15) is 9.18 Å². The van der Waals surface area contributed by atoms with Gasteiger partial charge in [-0.15, -0.1) is 11.3 Å². The molecule has 0 bridgehead atoms. The summed E-state index contributed by atoms with van der Waals surface area (Å²) in [5.74, 6) is -0.293. The van der Waals surface area contributed by atoms with E-state index in [4.69, 9.17) is 4.74 Å². The molecule has 5 nitrogen and oxygen atoms in total. The van der Waals surface area contributed by atoms with Crippen molar-refractivity contribution >= 4 is 17.2 Å². The highest BCUT2D eigenvalue weighted by Crippen LogP contribution is 2.39. The van der Waals surface area contributed by atoms with Crippen molar-refractivity contribution in [3.8, 4) is 0 Å². The van der Waals surface area contributed by atoms with Crippen LogP contribution in [0.25, 0.3) is 0 Å². The minimum Gasteiger partial charge on any atom is -0.372 e.